The van der Waals surface area contributed by atoms with Crippen molar-refractivity contribution in [1.82, 2.24) is 4.90 Å². The van der Waals surface area contributed by atoms with Gasteiger partial charge in [-0.15, -0.1) is 0 Å². The van der Waals surface area contributed by atoms with Crippen molar-refractivity contribution in [1.29, 1.82) is 0 Å². The molecule has 4 N–H and O–H groups in total. The molecule has 1 fully saturated rings. The first-order valence-corrected chi connectivity index (χ1v) is 7.17. The summed E-state index contributed by atoms with van der Waals surface area (Å²) >= 11 is 1.25. The molecule has 2 aliphatic rings. The van der Waals surface area contributed by atoms with Gasteiger partial charge in [0.15, 0.2) is 0 Å². The summed E-state index contributed by atoms with van der Waals surface area (Å²) < 4.78 is 0. The average Bonchev–Trinajstić information content (AvgIpc) is 2.53. The molecule has 2 aliphatic heterocycles. The van der Waals surface area contributed by atoms with Crippen molar-refractivity contribution in [2.24, 2.45) is 0 Å². The van der Waals surface area contributed by atoms with Gasteiger partial charge in [-0.2, -0.15) is 0 Å². The van der Waals surface area contributed by atoms with E-state index in [-0.39, 0.29) is 12.5 Å². The highest BCUT2D eigenvalue weighted by Gasteiger charge is 2.47. The number of thioether (sulfide) groups is 1. The Labute approximate surface area is 119 Å². The maximum atomic E-state index is 12.4. The lowest BCUT2D eigenvalue weighted by atomic mass is 10.1. The van der Waals surface area contributed by atoms with Crippen LogP contribution >= 0.6 is 11.8 Å². The third kappa shape index (κ3) is 2.02. The van der Waals surface area contributed by atoms with Crippen LogP contribution in [0.4, 0.5) is 0 Å². The molecule has 0 unspecified atom stereocenters. The first kappa shape index (κ1) is 13.8. The third-order valence-corrected chi connectivity index (χ3v) is 5.09. The zero-order valence-electron chi connectivity index (χ0n) is 10.5. The normalized spacial score (nSPS) is 37.1. The van der Waals surface area contributed by atoms with Crippen LogP contribution in [0, 0.1) is 0 Å². The van der Waals surface area contributed by atoms with Crippen molar-refractivity contribution in [2.75, 3.05) is 6.54 Å². The molecular weight excluding hydrogens is 282 g/mol. The summed E-state index contributed by atoms with van der Waals surface area (Å²) in [6.45, 7) is -0.125. The molecule has 7 heteroatoms. The van der Waals surface area contributed by atoms with Crippen molar-refractivity contribution in [3.05, 3.63) is 29.8 Å². The zero-order valence-corrected chi connectivity index (χ0v) is 11.3. The van der Waals surface area contributed by atoms with Crippen molar-refractivity contribution in [3.63, 3.8) is 0 Å². The number of hydrogen-bond donors (Lipinski definition) is 4. The lowest BCUT2D eigenvalue weighted by Gasteiger charge is -2.37. The van der Waals surface area contributed by atoms with Gasteiger partial charge in [0.1, 0.15) is 29.8 Å². The van der Waals surface area contributed by atoms with Crippen molar-refractivity contribution in [2.45, 2.75) is 34.7 Å². The maximum Gasteiger partial charge on any atom is 0.256 e. The fourth-order valence-electron chi connectivity index (χ4n) is 2.56. The maximum absolute atomic E-state index is 12.4. The second-order valence-electron chi connectivity index (χ2n) is 5.00. The largest absolute Gasteiger partial charge is 0.388 e. The number of aliphatic hydroxyl groups excluding tert-OH is 4. The van der Waals surface area contributed by atoms with Crippen LogP contribution in [0.25, 0.3) is 0 Å². The number of nitrogens with zero attached hydrogens (tertiary/aromatic N) is 1. The summed E-state index contributed by atoms with van der Waals surface area (Å²) in [5.74, 6) is -0.316. The van der Waals surface area contributed by atoms with Crippen LogP contribution in [0.1, 0.15) is 10.4 Å². The number of hydrogen-bond acceptors (Lipinski definition) is 6. The molecule has 2 heterocycles. The highest BCUT2D eigenvalue weighted by Crippen LogP contribution is 2.39. The molecular formula is C13H15NO5S. The summed E-state index contributed by atoms with van der Waals surface area (Å²) in [6, 6.07) is 6.98. The zero-order chi connectivity index (χ0) is 14.4. The minimum Gasteiger partial charge on any atom is -0.388 e. The predicted octanol–water partition coefficient (Wildman–Crippen LogP) is -0.982. The van der Waals surface area contributed by atoms with E-state index in [2.05, 4.69) is 0 Å². The van der Waals surface area contributed by atoms with E-state index in [1.807, 2.05) is 0 Å². The van der Waals surface area contributed by atoms with E-state index in [4.69, 9.17) is 0 Å². The fourth-order valence-corrected chi connectivity index (χ4v) is 3.87. The standard InChI is InChI=1S/C13H15NO5S/c15-7-5-14-12(19)6-3-1-2-4-8(6)20-13(14)11(18)10(17)9(7)16/h1-4,7,9-11,13,15-18H,5H2/t7-,9-,10+,11+,13+/m1/s1. The van der Waals surface area contributed by atoms with Gasteiger partial charge in [-0.3, -0.25) is 4.79 Å². The van der Waals surface area contributed by atoms with Crippen LogP contribution in [0.15, 0.2) is 29.2 Å². The molecule has 1 saturated heterocycles. The summed E-state index contributed by atoms with van der Waals surface area (Å²) in [7, 11) is 0. The van der Waals surface area contributed by atoms with E-state index in [9.17, 15) is 25.2 Å². The Balaban J connectivity index is 2.02. The highest BCUT2D eigenvalue weighted by molar-refractivity contribution is 8.00. The molecule has 108 valence electrons. The van der Waals surface area contributed by atoms with Crippen LogP contribution < -0.4 is 0 Å². The average molecular weight is 297 g/mol. The summed E-state index contributed by atoms with van der Waals surface area (Å²) in [5, 5.41) is 38.9. The molecule has 0 spiro atoms. The van der Waals surface area contributed by atoms with Crippen LogP contribution in [-0.2, 0) is 0 Å². The molecule has 1 amide bonds. The first-order chi connectivity index (χ1) is 9.50. The number of aliphatic hydroxyl groups is 4. The number of amides is 1. The van der Waals surface area contributed by atoms with E-state index in [1.54, 1.807) is 24.3 Å². The van der Waals surface area contributed by atoms with Gasteiger partial charge in [0, 0.05) is 4.90 Å². The Kier molecular flexibility index (Phi) is 3.47. The Morgan fingerprint density at radius 3 is 2.50 bits per heavy atom. The van der Waals surface area contributed by atoms with Gasteiger partial charge in [-0.1, -0.05) is 23.9 Å². The van der Waals surface area contributed by atoms with Gasteiger partial charge in [0.2, 0.25) is 0 Å². The molecule has 6 nitrogen and oxygen atoms in total. The van der Waals surface area contributed by atoms with Crippen LogP contribution in [0.2, 0.25) is 0 Å². The smallest absolute Gasteiger partial charge is 0.256 e. The topological polar surface area (TPSA) is 101 Å². The molecule has 5 atom stereocenters. The number of benzene rings is 1. The van der Waals surface area contributed by atoms with Gasteiger partial charge in [0.25, 0.3) is 5.91 Å². The van der Waals surface area contributed by atoms with E-state index < -0.39 is 29.8 Å². The van der Waals surface area contributed by atoms with Crippen molar-refractivity contribution >= 4 is 17.7 Å². The van der Waals surface area contributed by atoms with Crippen molar-refractivity contribution in [3.8, 4) is 0 Å². The number of rotatable bonds is 0. The van der Waals surface area contributed by atoms with Gasteiger partial charge in [-0.25, -0.2) is 0 Å². The minimum atomic E-state index is -1.49. The molecule has 20 heavy (non-hydrogen) atoms. The predicted molar refractivity (Wildman–Crippen MR) is 71.2 cm³/mol. The second kappa shape index (κ2) is 5.01. The van der Waals surface area contributed by atoms with E-state index in [1.165, 1.54) is 16.7 Å². The minimum absolute atomic E-state index is 0.125. The molecule has 3 rings (SSSR count). The quantitative estimate of drug-likeness (QED) is 0.491. The number of carbonyl (C=O) groups excluding carboxylic acids is 1. The summed E-state index contributed by atoms with van der Waals surface area (Å²) in [6.07, 6.45) is -5.60. The first-order valence-electron chi connectivity index (χ1n) is 6.29. The van der Waals surface area contributed by atoms with Crippen LogP contribution in [-0.4, -0.2) is 67.6 Å². The van der Waals surface area contributed by atoms with Crippen LogP contribution in [0.3, 0.4) is 0 Å². The number of carbonyl (C=O) groups is 1. The third-order valence-electron chi connectivity index (χ3n) is 3.70. The molecule has 1 aromatic rings. The lowest BCUT2D eigenvalue weighted by Crippen LogP contribution is -2.50. The highest BCUT2D eigenvalue weighted by atomic mass is 32.2. The number of fused-ring (bicyclic) bond motifs is 2. The van der Waals surface area contributed by atoms with Gasteiger partial charge in [0.05, 0.1) is 12.1 Å². The monoisotopic (exact) mass is 297 g/mol. The fraction of sp³-hybridized carbons (Fsp3) is 0.462. The van der Waals surface area contributed by atoms with Gasteiger partial charge < -0.3 is 25.3 Å². The molecule has 0 saturated carbocycles. The Hall–Kier alpha value is -1.12. The van der Waals surface area contributed by atoms with E-state index >= 15 is 0 Å². The Bertz CT molecular complexity index is 539. The molecule has 0 radical (unpaired) electrons. The SMILES string of the molecule is O=C1c2ccccc2S[C@H]2[C@@H](O)[C@@H](O)[C@H](O)[C@H](O)CN12. The summed E-state index contributed by atoms with van der Waals surface area (Å²) in [5.41, 5.74) is 0.499. The Morgan fingerprint density at radius 1 is 1.05 bits per heavy atom. The molecule has 0 aromatic heterocycles. The molecule has 0 bridgehead atoms. The van der Waals surface area contributed by atoms with Crippen molar-refractivity contribution < 1.29 is 25.2 Å². The summed E-state index contributed by atoms with van der Waals surface area (Å²) in [4.78, 5) is 14.5. The van der Waals surface area contributed by atoms with Gasteiger partial charge >= 0.3 is 0 Å². The van der Waals surface area contributed by atoms with Crippen LogP contribution in [0.5, 0.6) is 0 Å². The van der Waals surface area contributed by atoms with Gasteiger partial charge in [-0.05, 0) is 12.1 Å². The second-order valence-corrected chi connectivity index (χ2v) is 6.16. The molecule has 1 aromatic carbocycles. The molecule has 0 aliphatic carbocycles. The van der Waals surface area contributed by atoms with E-state index in [0.717, 1.165) is 4.90 Å². The Morgan fingerprint density at radius 2 is 1.75 bits per heavy atom. The lowest BCUT2D eigenvalue weighted by molar-refractivity contribution is -0.0911. The van der Waals surface area contributed by atoms with E-state index in [0.29, 0.717) is 5.56 Å².